The molecule has 2 aromatic rings. The van der Waals surface area contributed by atoms with Gasteiger partial charge in [0, 0.05) is 25.3 Å². The van der Waals surface area contributed by atoms with E-state index in [2.05, 4.69) is 26.8 Å². The van der Waals surface area contributed by atoms with Crippen molar-refractivity contribution < 1.29 is 9.53 Å². The fourth-order valence-electron chi connectivity index (χ4n) is 4.71. The molecule has 30 heavy (non-hydrogen) atoms. The van der Waals surface area contributed by atoms with E-state index >= 15 is 0 Å². The number of aryl methyl sites for hydroxylation is 1. The number of halogens is 1. The van der Waals surface area contributed by atoms with Crippen LogP contribution in [0, 0.1) is 12.8 Å². The Morgan fingerprint density at radius 3 is 2.73 bits per heavy atom. The number of fused-ring (bicyclic) bond motifs is 1. The largest absolute Gasteiger partial charge is 0.444 e. The van der Waals surface area contributed by atoms with E-state index in [1.54, 1.807) is 4.90 Å². The molecule has 7 nitrogen and oxygen atoms in total. The molecule has 8 heteroatoms. The molecule has 1 aliphatic carbocycles. The van der Waals surface area contributed by atoms with Gasteiger partial charge >= 0.3 is 6.09 Å². The Kier molecular flexibility index (Phi) is 5.43. The summed E-state index contributed by atoms with van der Waals surface area (Å²) in [6.45, 7) is 9.06. The number of hydrogen-bond acceptors (Lipinski definition) is 5. The fraction of sp³-hybridized carbons (Fsp3) is 0.591. The zero-order valence-corrected chi connectivity index (χ0v) is 18.9. The molecule has 1 aliphatic heterocycles. The molecule has 2 atom stereocenters. The molecular formula is C22H30ClN5O2. The van der Waals surface area contributed by atoms with Crippen LogP contribution in [0.25, 0.3) is 11.0 Å². The van der Waals surface area contributed by atoms with Gasteiger partial charge in [0.15, 0.2) is 0 Å². The average Bonchev–Trinajstić information content (AvgIpc) is 3.25. The normalized spacial score (nSPS) is 22.4. The van der Waals surface area contributed by atoms with Crippen LogP contribution >= 0.6 is 11.6 Å². The number of nitrogen functional groups attached to an aromatic ring is 1. The number of carbonyl (C=O) groups is 1. The van der Waals surface area contributed by atoms with E-state index in [1.807, 2.05) is 27.7 Å². The monoisotopic (exact) mass is 431 g/mol. The van der Waals surface area contributed by atoms with Crippen molar-refractivity contribution in [1.29, 1.82) is 0 Å². The zero-order chi connectivity index (χ0) is 21.6. The predicted molar refractivity (Wildman–Crippen MR) is 119 cm³/mol. The van der Waals surface area contributed by atoms with E-state index in [-0.39, 0.29) is 11.4 Å². The van der Waals surface area contributed by atoms with Gasteiger partial charge in [-0.05, 0) is 76.5 Å². The third kappa shape index (κ3) is 4.13. The highest BCUT2D eigenvalue weighted by atomic mass is 35.5. The first-order valence-electron chi connectivity index (χ1n) is 10.6. The Morgan fingerprint density at radius 2 is 2.07 bits per heavy atom. The van der Waals surface area contributed by atoms with E-state index in [1.165, 1.54) is 5.57 Å². The van der Waals surface area contributed by atoms with Crippen LogP contribution in [0.3, 0.4) is 0 Å². The van der Waals surface area contributed by atoms with Crippen LogP contribution in [0.15, 0.2) is 17.8 Å². The molecule has 0 radical (unpaired) electrons. The third-order valence-electron chi connectivity index (χ3n) is 6.08. The van der Waals surface area contributed by atoms with E-state index in [0.29, 0.717) is 30.9 Å². The van der Waals surface area contributed by atoms with Gasteiger partial charge in [-0.15, -0.1) is 0 Å². The Morgan fingerprint density at radius 1 is 1.30 bits per heavy atom. The first-order valence-corrected chi connectivity index (χ1v) is 11.0. The average molecular weight is 432 g/mol. The van der Waals surface area contributed by atoms with Gasteiger partial charge in [0.2, 0.25) is 5.28 Å². The van der Waals surface area contributed by atoms with E-state index in [4.69, 9.17) is 22.1 Å². The Hall–Kier alpha value is -2.28. The summed E-state index contributed by atoms with van der Waals surface area (Å²) >= 11 is 6.07. The molecule has 0 saturated heterocycles. The number of amides is 1. The molecule has 1 saturated carbocycles. The van der Waals surface area contributed by atoms with E-state index in [0.717, 1.165) is 42.3 Å². The number of ether oxygens (including phenoxy) is 1. The standard InChI is InChI=1S/C22H30ClN5O2/c1-13-12-28(19-17(13)18(24)25-20(23)26-19)16-6-5-15(11-16)14-7-9-27(10-8-14)21(29)30-22(2,3)4/h7,12,15-16H,5-6,8-11H2,1-4H3,(H2,24,25,26). The van der Waals surface area contributed by atoms with Crippen LogP contribution in [0.2, 0.25) is 5.28 Å². The van der Waals surface area contributed by atoms with Crippen molar-refractivity contribution in [3.05, 3.63) is 28.7 Å². The van der Waals surface area contributed by atoms with E-state index < -0.39 is 5.60 Å². The van der Waals surface area contributed by atoms with Gasteiger partial charge in [-0.1, -0.05) is 11.6 Å². The van der Waals surface area contributed by atoms with Crippen LogP contribution in [-0.4, -0.2) is 44.2 Å². The second-order valence-corrected chi connectivity index (χ2v) is 9.75. The number of anilines is 1. The lowest BCUT2D eigenvalue weighted by atomic mass is 9.92. The molecule has 1 fully saturated rings. The predicted octanol–water partition coefficient (Wildman–Crippen LogP) is 4.88. The lowest BCUT2D eigenvalue weighted by Crippen LogP contribution is -2.39. The number of nitrogens with zero attached hydrogens (tertiary/aromatic N) is 4. The van der Waals surface area contributed by atoms with Crippen LogP contribution in [0.5, 0.6) is 0 Å². The molecular weight excluding hydrogens is 402 g/mol. The molecule has 2 aromatic heterocycles. The van der Waals surface area contributed by atoms with Crippen LogP contribution < -0.4 is 5.73 Å². The topological polar surface area (TPSA) is 86.3 Å². The maximum Gasteiger partial charge on any atom is 0.410 e. The smallest absolute Gasteiger partial charge is 0.410 e. The Balaban J connectivity index is 1.46. The quantitative estimate of drug-likeness (QED) is 0.540. The van der Waals surface area contributed by atoms with Gasteiger partial charge < -0.3 is 19.9 Å². The van der Waals surface area contributed by atoms with Gasteiger partial charge in [0.25, 0.3) is 0 Å². The summed E-state index contributed by atoms with van der Waals surface area (Å²) < 4.78 is 7.72. The molecule has 2 unspecified atom stereocenters. The second kappa shape index (κ2) is 7.76. The van der Waals surface area contributed by atoms with Gasteiger partial charge in [-0.3, -0.25) is 0 Å². The van der Waals surface area contributed by atoms with Gasteiger partial charge in [0.1, 0.15) is 17.1 Å². The van der Waals surface area contributed by atoms with Crippen molar-refractivity contribution >= 4 is 34.5 Å². The van der Waals surface area contributed by atoms with Crippen molar-refractivity contribution in [1.82, 2.24) is 19.4 Å². The lowest BCUT2D eigenvalue weighted by Gasteiger charge is -2.31. The van der Waals surface area contributed by atoms with Gasteiger partial charge in [0.05, 0.1) is 5.39 Å². The first-order chi connectivity index (χ1) is 14.1. The van der Waals surface area contributed by atoms with E-state index in [9.17, 15) is 4.79 Å². The van der Waals surface area contributed by atoms with Crippen LogP contribution in [-0.2, 0) is 4.74 Å². The molecule has 162 valence electrons. The van der Waals surface area contributed by atoms with Crippen LogP contribution in [0.1, 0.15) is 58.1 Å². The van der Waals surface area contributed by atoms with Gasteiger partial charge in [-0.2, -0.15) is 4.98 Å². The molecule has 2 aliphatic rings. The van der Waals surface area contributed by atoms with Gasteiger partial charge in [-0.25, -0.2) is 9.78 Å². The highest BCUT2D eigenvalue weighted by Gasteiger charge is 2.32. The summed E-state index contributed by atoms with van der Waals surface area (Å²) in [5.74, 6) is 0.969. The summed E-state index contributed by atoms with van der Waals surface area (Å²) in [6, 6.07) is 0.362. The SMILES string of the molecule is Cc1cn(C2CCC(C3=CCN(C(=O)OC(C)(C)C)CC3)C2)c2nc(Cl)nc(N)c12. The van der Waals surface area contributed by atoms with Crippen LogP contribution in [0.4, 0.5) is 10.6 Å². The molecule has 2 N–H and O–H groups in total. The first kappa shape index (κ1) is 21.0. The number of carbonyl (C=O) groups excluding carboxylic acids is 1. The number of aromatic nitrogens is 3. The minimum absolute atomic E-state index is 0.186. The summed E-state index contributed by atoms with van der Waals surface area (Å²) in [7, 11) is 0. The maximum absolute atomic E-state index is 12.3. The zero-order valence-electron chi connectivity index (χ0n) is 18.1. The molecule has 3 heterocycles. The molecule has 1 amide bonds. The molecule has 0 spiro atoms. The number of rotatable bonds is 2. The lowest BCUT2D eigenvalue weighted by molar-refractivity contribution is 0.0264. The number of nitrogens with two attached hydrogens (primary N) is 1. The highest BCUT2D eigenvalue weighted by Crippen LogP contribution is 2.42. The summed E-state index contributed by atoms with van der Waals surface area (Å²) in [6.07, 6.45) is 8.30. The second-order valence-electron chi connectivity index (χ2n) is 9.42. The summed E-state index contributed by atoms with van der Waals surface area (Å²) in [4.78, 5) is 22.6. The summed E-state index contributed by atoms with van der Waals surface area (Å²) in [5.41, 5.74) is 8.98. The van der Waals surface area contributed by atoms with Crippen molar-refractivity contribution in [2.24, 2.45) is 5.92 Å². The van der Waals surface area contributed by atoms with Crippen molar-refractivity contribution in [2.75, 3.05) is 18.8 Å². The molecule has 4 rings (SSSR count). The van der Waals surface area contributed by atoms with Crippen molar-refractivity contribution in [3.8, 4) is 0 Å². The summed E-state index contributed by atoms with van der Waals surface area (Å²) in [5, 5.41) is 1.08. The fourth-order valence-corrected chi connectivity index (χ4v) is 4.88. The minimum atomic E-state index is -0.465. The van der Waals surface area contributed by atoms with Crippen molar-refractivity contribution in [2.45, 2.75) is 65.0 Å². The number of hydrogen-bond donors (Lipinski definition) is 1. The minimum Gasteiger partial charge on any atom is -0.444 e. The maximum atomic E-state index is 12.3. The Bertz CT molecular complexity index is 1010. The third-order valence-corrected chi connectivity index (χ3v) is 6.25. The Labute approximate surface area is 182 Å². The highest BCUT2D eigenvalue weighted by molar-refractivity contribution is 6.28. The molecule has 0 bridgehead atoms. The molecule has 0 aromatic carbocycles. The van der Waals surface area contributed by atoms with Crippen molar-refractivity contribution in [3.63, 3.8) is 0 Å².